The third-order valence-electron chi connectivity index (χ3n) is 3.33. The van der Waals surface area contributed by atoms with Gasteiger partial charge in [0, 0.05) is 0 Å². The van der Waals surface area contributed by atoms with Gasteiger partial charge in [-0.25, -0.2) is 5.43 Å². The summed E-state index contributed by atoms with van der Waals surface area (Å²) in [7, 11) is 0. The maximum atomic E-state index is 11.6. The van der Waals surface area contributed by atoms with E-state index in [0.29, 0.717) is 0 Å². The van der Waals surface area contributed by atoms with Gasteiger partial charge in [0.15, 0.2) is 5.76 Å². The lowest BCUT2D eigenvalue weighted by atomic mass is 10.1. The topological polar surface area (TPSA) is 83.7 Å². The zero-order valence-electron chi connectivity index (χ0n) is 12.7. The van der Waals surface area contributed by atoms with Gasteiger partial charge in [-0.05, 0) is 34.5 Å². The normalized spacial score (nSPS) is 10.8. The van der Waals surface area contributed by atoms with Crippen LogP contribution in [0.2, 0.25) is 0 Å². The standard InChI is InChI=1S/C18H15N3O3/c22-17(12-19-18(23)16-6-3-9-24-16)21-20-11-13-7-8-14-4-1-2-5-15(14)10-13/h1-11H,12H2,(H,19,23)(H,21,22)/b20-11+. The molecule has 0 bridgehead atoms. The van der Waals surface area contributed by atoms with Crippen molar-refractivity contribution in [2.24, 2.45) is 5.10 Å². The molecule has 0 saturated heterocycles. The Morgan fingerprint density at radius 1 is 1.04 bits per heavy atom. The van der Waals surface area contributed by atoms with Crippen molar-refractivity contribution in [3.63, 3.8) is 0 Å². The van der Waals surface area contributed by atoms with Gasteiger partial charge in [0.2, 0.25) is 0 Å². The molecule has 6 nitrogen and oxygen atoms in total. The van der Waals surface area contributed by atoms with Crippen molar-refractivity contribution in [1.29, 1.82) is 0 Å². The van der Waals surface area contributed by atoms with Crippen LogP contribution >= 0.6 is 0 Å². The Balaban J connectivity index is 1.51. The van der Waals surface area contributed by atoms with E-state index in [2.05, 4.69) is 15.8 Å². The SMILES string of the molecule is O=C(CNC(=O)c1ccco1)N/N=C/c1ccc2ccccc2c1. The Labute approximate surface area is 138 Å². The van der Waals surface area contributed by atoms with E-state index in [1.54, 1.807) is 12.3 Å². The fourth-order valence-corrected chi connectivity index (χ4v) is 2.16. The summed E-state index contributed by atoms with van der Waals surface area (Å²) in [4.78, 5) is 23.3. The molecule has 0 aliphatic heterocycles. The molecule has 3 aromatic rings. The third-order valence-corrected chi connectivity index (χ3v) is 3.33. The summed E-state index contributed by atoms with van der Waals surface area (Å²) in [6.45, 7) is -0.186. The quantitative estimate of drug-likeness (QED) is 0.559. The number of furan rings is 1. The maximum Gasteiger partial charge on any atom is 0.287 e. The van der Waals surface area contributed by atoms with Crippen molar-refractivity contribution < 1.29 is 14.0 Å². The molecule has 6 heteroatoms. The molecule has 24 heavy (non-hydrogen) atoms. The van der Waals surface area contributed by atoms with Crippen LogP contribution in [-0.4, -0.2) is 24.6 Å². The van der Waals surface area contributed by atoms with E-state index >= 15 is 0 Å². The second kappa shape index (κ2) is 7.23. The van der Waals surface area contributed by atoms with Crippen LogP contribution in [0.15, 0.2) is 70.4 Å². The lowest BCUT2D eigenvalue weighted by molar-refractivity contribution is -0.120. The minimum absolute atomic E-state index is 0.155. The number of carbonyl (C=O) groups excluding carboxylic acids is 2. The summed E-state index contributed by atoms with van der Waals surface area (Å²) in [5.41, 5.74) is 3.23. The summed E-state index contributed by atoms with van der Waals surface area (Å²) in [6, 6.07) is 17.0. The van der Waals surface area contributed by atoms with E-state index in [1.165, 1.54) is 12.3 Å². The molecule has 2 N–H and O–H groups in total. The van der Waals surface area contributed by atoms with E-state index in [4.69, 9.17) is 4.42 Å². The first-order valence-corrected chi connectivity index (χ1v) is 7.35. The number of nitrogens with zero attached hydrogens (tertiary/aromatic N) is 1. The van der Waals surface area contributed by atoms with Crippen LogP contribution in [0.1, 0.15) is 16.1 Å². The minimum Gasteiger partial charge on any atom is -0.459 e. The number of carbonyl (C=O) groups is 2. The number of hydrazone groups is 1. The van der Waals surface area contributed by atoms with Gasteiger partial charge in [0.1, 0.15) is 0 Å². The first-order chi connectivity index (χ1) is 11.7. The molecule has 0 atom stereocenters. The third kappa shape index (κ3) is 3.86. The molecule has 2 amide bonds. The van der Waals surface area contributed by atoms with E-state index in [-0.39, 0.29) is 12.3 Å². The van der Waals surface area contributed by atoms with Crippen molar-refractivity contribution >= 4 is 28.8 Å². The van der Waals surface area contributed by atoms with Crippen LogP contribution in [0.3, 0.4) is 0 Å². The van der Waals surface area contributed by atoms with Gasteiger partial charge >= 0.3 is 0 Å². The molecule has 0 aliphatic carbocycles. The Bertz CT molecular complexity index is 885. The molecule has 1 aromatic heterocycles. The molecule has 120 valence electrons. The second-order valence-corrected chi connectivity index (χ2v) is 5.06. The van der Waals surface area contributed by atoms with Crippen molar-refractivity contribution in [2.45, 2.75) is 0 Å². The average molecular weight is 321 g/mol. The second-order valence-electron chi connectivity index (χ2n) is 5.06. The Morgan fingerprint density at radius 3 is 2.67 bits per heavy atom. The summed E-state index contributed by atoms with van der Waals surface area (Å²) < 4.78 is 4.93. The molecule has 0 saturated carbocycles. The summed E-state index contributed by atoms with van der Waals surface area (Å²) >= 11 is 0. The zero-order chi connectivity index (χ0) is 16.8. The maximum absolute atomic E-state index is 11.6. The molecule has 0 aliphatic rings. The molecule has 0 fully saturated rings. The lowest BCUT2D eigenvalue weighted by Crippen LogP contribution is -2.34. The summed E-state index contributed by atoms with van der Waals surface area (Å²) in [5, 5.41) is 8.56. The average Bonchev–Trinajstić information content (AvgIpc) is 3.14. The van der Waals surface area contributed by atoms with Gasteiger partial charge in [0.25, 0.3) is 11.8 Å². The highest BCUT2D eigenvalue weighted by molar-refractivity contribution is 5.94. The number of hydrogen-bond donors (Lipinski definition) is 2. The number of hydrogen-bond acceptors (Lipinski definition) is 4. The fourth-order valence-electron chi connectivity index (χ4n) is 2.16. The van der Waals surface area contributed by atoms with Gasteiger partial charge in [-0.2, -0.15) is 5.10 Å². The molecule has 1 heterocycles. The predicted octanol–water partition coefficient (Wildman–Crippen LogP) is 2.31. The molecule has 0 unspecified atom stereocenters. The predicted molar refractivity (Wildman–Crippen MR) is 90.7 cm³/mol. The Hall–Kier alpha value is -3.41. The van der Waals surface area contributed by atoms with Crippen LogP contribution in [0, 0.1) is 0 Å². The van der Waals surface area contributed by atoms with Crippen LogP contribution in [0.25, 0.3) is 10.8 Å². The van der Waals surface area contributed by atoms with Gasteiger partial charge < -0.3 is 9.73 Å². The molecule has 0 spiro atoms. The molecule has 2 aromatic carbocycles. The van der Waals surface area contributed by atoms with Gasteiger partial charge in [-0.1, -0.05) is 36.4 Å². The molecular formula is C18H15N3O3. The Kier molecular flexibility index (Phi) is 4.67. The smallest absolute Gasteiger partial charge is 0.287 e. The highest BCUT2D eigenvalue weighted by Gasteiger charge is 2.09. The van der Waals surface area contributed by atoms with Crippen molar-refractivity contribution in [3.05, 3.63) is 72.2 Å². The van der Waals surface area contributed by atoms with Gasteiger partial charge in [-0.3, -0.25) is 9.59 Å². The number of rotatable bonds is 5. The summed E-state index contributed by atoms with van der Waals surface area (Å²) in [5.74, 6) is -0.719. The van der Waals surface area contributed by atoms with E-state index in [0.717, 1.165) is 16.3 Å². The Morgan fingerprint density at radius 2 is 1.88 bits per heavy atom. The number of amides is 2. The van der Waals surface area contributed by atoms with Crippen molar-refractivity contribution in [3.8, 4) is 0 Å². The molecule has 3 rings (SSSR count). The van der Waals surface area contributed by atoms with Crippen LogP contribution in [0.5, 0.6) is 0 Å². The van der Waals surface area contributed by atoms with E-state index in [1.807, 2.05) is 42.5 Å². The van der Waals surface area contributed by atoms with Crippen molar-refractivity contribution in [1.82, 2.24) is 10.7 Å². The van der Waals surface area contributed by atoms with Gasteiger partial charge in [0.05, 0.1) is 19.0 Å². The molecule has 0 radical (unpaired) electrons. The van der Waals surface area contributed by atoms with Crippen LogP contribution in [0.4, 0.5) is 0 Å². The largest absolute Gasteiger partial charge is 0.459 e. The number of fused-ring (bicyclic) bond motifs is 1. The number of nitrogens with one attached hydrogen (secondary N) is 2. The first-order valence-electron chi connectivity index (χ1n) is 7.35. The first kappa shape index (κ1) is 15.5. The van der Waals surface area contributed by atoms with Gasteiger partial charge in [-0.15, -0.1) is 0 Å². The minimum atomic E-state index is -0.450. The van der Waals surface area contributed by atoms with Crippen molar-refractivity contribution in [2.75, 3.05) is 6.54 Å². The van der Waals surface area contributed by atoms with Crippen LogP contribution in [-0.2, 0) is 4.79 Å². The highest BCUT2D eigenvalue weighted by Crippen LogP contribution is 2.14. The summed E-state index contributed by atoms with van der Waals surface area (Å²) in [6.07, 6.45) is 2.95. The number of benzene rings is 2. The van der Waals surface area contributed by atoms with Crippen LogP contribution < -0.4 is 10.7 Å². The highest BCUT2D eigenvalue weighted by atomic mass is 16.3. The molecular weight excluding hydrogens is 306 g/mol. The van der Waals surface area contributed by atoms with E-state index < -0.39 is 11.8 Å². The van der Waals surface area contributed by atoms with E-state index in [9.17, 15) is 9.59 Å². The lowest BCUT2D eigenvalue weighted by Gasteiger charge is -2.02. The zero-order valence-corrected chi connectivity index (χ0v) is 12.7. The monoisotopic (exact) mass is 321 g/mol. The fraction of sp³-hybridized carbons (Fsp3) is 0.0556.